The summed E-state index contributed by atoms with van der Waals surface area (Å²) in [6, 6.07) is 13.1. The van der Waals surface area contributed by atoms with Crippen molar-refractivity contribution in [1.29, 1.82) is 0 Å². The molecular weight excluding hydrogens is 373 g/mol. The standard InChI is InChI=1S/C20H19F3N2O3/c21-20(22,23)15-8-4-5-9-16(15)25-18(27)17(26)24-12-19(28,14-10-11-14)13-6-2-1-3-7-13/h1-9,14,28H,10-12H2,(H,24,26)(H,25,27). The van der Waals surface area contributed by atoms with E-state index in [-0.39, 0.29) is 12.5 Å². The Balaban J connectivity index is 1.68. The molecule has 1 aliphatic carbocycles. The van der Waals surface area contributed by atoms with Crippen molar-refractivity contribution >= 4 is 17.5 Å². The molecule has 2 aromatic rings. The summed E-state index contributed by atoms with van der Waals surface area (Å²) in [6.07, 6.45) is -3.10. The van der Waals surface area contributed by atoms with E-state index in [1.54, 1.807) is 30.3 Å². The van der Waals surface area contributed by atoms with Gasteiger partial charge in [-0.3, -0.25) is 9.59 Å². The van der Waals surface area contributed by atoms with Gasteiger partial charge in [0.25, 0.3) is 0 Å². The number of amides is 2. The maximum Gasteiger partial charge on any atom is 0.418 e. The molecule has 1 atom stereocenters. The normalized spacial score (nSPS) is 16.1. The number of rotatable bonds is 5. The van der Waals surface area contributed by atoms with Gasteiger partial charge in [0.1, 0.15) is 5.60 Å². The van der Waals surface area contributed by atoms with Crippen LogP contribution in [0.3, 0.4) is 0 Å². The van der Waals surface area contributed by atoms with Crippen molar-refractivity contribution in [2.45, 2.75) is 24.6 Å². The highest BCUT2D eigenvalue weighted by Gasteiger charge is 2.45. The van der Waals surface area contributed by atoms with E-state index in [0.717, 1.165) is 25.0 Å². The Labute approximate surface area is 159 Å². The van der Waals surface area contributed by atoms with Crippen LogP contribution in [0.5, 0.6) is 0 Å². The number of alkyl halides is 3. The minimum atomic E-state index is -4.67. The maximum atomic E-state index is 13.0. The molecule has 0 bridgehead atoms. The zero-order chi connectivity index (χ0) is 20.4. The summed E-state index contributed by atoms with van der Waals surface area (Å²) in [4.78, 5) is 24.2. The number of carbonyl (C=O) groups is 2. The molecule has 2 amide bonds. The molecule has 1 saturated carbocycles. The molecule has 0 spiro atoms. The SMILES string of the molecule is O=C(NCC(O)(c1ccccc1)C1CC1)C(=O)Nc1ccccc1C(F)(F)F. The molecule has 0 aliphatic heterocycles. The fraction of sp³-hybridized carbons (Fsp3) is 0.300. The van der Waals surface area contributed by atoms with Gasteiger partial charge >= 0.3 is 18.0 Å². The van der Waals surface area contributed by atoms with Gasteiger partial charge in [0.2, 0.25) is 0 Å². The molecule has 0 radical (unpaired) electrons. The number of aliphatic hydroxyl groups is 1. The minimum absolute atomic E-state index is 0.0517. The lowest BCUT2D eigenvalue weighted by Crippen LogP contribution is -2.45. The van der Waals surface area contributed by atoms with Gasteiger partial charge in [0, 0.05) is 0 Å². The third kappa shape index (κ3) is 4.33. The Morgan fingerprint density at radius 2 is 1.57 bits per heavy atom. The molecule has 0 saturated heterocycles. The summed E-state index contributed by atoms with van der Waals surface area (Å²) in [5.74, 6) is -2.40. The number of hydrogen-bond acceptors (Lipinski definition) is 3. The number of carbonyl (C=O) groups excluding carboxylic acids is 2. The zero-order valence-electron chi connectivity index (χ0n) is 14.8. The number of para-hydroxylation sites is 1. The predicted molar refractivity (Wildman–Crippen MR) is 96.1 cm³/mol. The molecule has 2 aromatic carbocycles. The molecule has 3 N–H and O–H groups in total. The van der Waals surface area contributed by atoms with E-state index >= 15 is 0 Å². The molecular formula is C20H19F3N2O3. The summed E-state index contributed by atoms with van der Waals surface area (Å²) >= 11 is 0. The van der Waals surface area contributed by atoms with E-state index in [9.17, 15) is 27.9 Å². The summed E-state index contributed by atoms with van der Waals surface area (Å²) in [5.41, 5.74) is -2.27. The van der Waals surface area contributed by atoms with E-state index in [4.69, 9.17) is 0 Å². The minimum Gasteiger partial charge on any atom is -0.383 e. The van der Waals surface area contributed by atoms with Gasteiger partial charge in [0.15, 0.2) is 0 Å². The van der Waals surface area contributed by atoms with Crippen LogP contribution in [0, 0.1) is 5.92 Å². The van der Waals surface area contributed by atoms with Crippen LogP contribution < -0.4 is 10.6 Å². The van der Waals surface area contributed by atoms with Crippen molar-refractivity contribution < 1.29 is 27.9 Å². The lowest BCUT2D eigenvalue weighted by atomic mass is 9.88. The van der Waals surface area contributed by atoms with Gasteiger partial charge in [-0.25, -0.2) is 0 Å². The van der Waals surface area contributed by atoms with Crippen molar-refractivity contribution in [3.8, 4) is 0 Å². The largest absolute Gasteiger partial charge is 0.418 e. The molecule has 148 valence electrons. The lowest BCUT2D eigenvalue weighted by Gasteiger charge is -2.29. The highest BCUT2D eigenvalue weighted by atomic mass is 19.4. The molecule has 28 heavy (non-hydrogen) atoms. The Morgan fingerprint density at radius 1 is 0.964 bits per heavy atom. The second-order valence-electron chi connectivity index (χ2n) is 6.74. The molecule has 3 rings (SSSR count). The van der Waals surface area contributed by atoms with Crippen LogP contribution in [0.2, 0.25) is 0 Å². The molecule has 5 nitrogen and oxygen atoms in total. The summed E-state index contributed by atoms with van der Waals surface area (Å²) in [6.45, 7) is -0.213. The van der Waals surface area contributed by atoms with Gasteiger partial charge in [-0.05, 0) is 36.5 Å². The summed E-state index contributed by atoms with van der Waals surface area (Å²) < 4.78 is 39.0. The Morgan fingerprint density at radius 3 is 2.18 bits per heavy atom. The van der Waals surface area contributed by atoms with Gasteiger partial charge in [-0.15, -0.1) is 0 Å². The van der Waals surface area contributed by atoms with Crippen molar-refractivity contribution in [1.82, 2.24) is 5.32 Å². The van der Waals surface area contributed by atoms with E-state index in [1.165, 1.54) is 12.1 Å². The van der Waals surface area contributed by atoms with Crippen LogP contribution in [-0.4, -0.2) is 23.5 Å². The lowest BCUT2D eigenvalue weighted by molar-refractivity contribution is -0.138. The van der Waals surface area contributed by atoms with Gasteiger partial charge in [-0.1, -0.05) is 42.5 Å². The van der Waals surface area contributed by atoms with Crippen LogP contribution in [0.4, 0.5) is 18.9 Å². The Kier molecular flexibility index (Phi) is 5.42. The monoisotopic (exact) mass is 392 g/mol. The second-order valence-corrected chi connectivity index (χ2v) is 6.74. The van der Waals surface area contributed by atoms with Crippen LogP contribution in [0.15, 0.2) is 54.6 Å². The third-order valence-electron chi connectivity index (χ3n) is 4.73. The third-order valence-corrected chi connectivity index (χ3v) is 4.73. The van der Waals surface area contributed by atoms with Crippen molar-refractivity contribution in [2.24, 2.45) is 5.92 Å². The zero-order valence-corrected chi connectivity index (χ0v) is 14.8. The fourth-order valence-corrected chi connectivity index (χ4v) is 3.08. The molecule has 1 fully saturated rings. The Bertz CT molecular complexity index is 866. The van der Waals surface area contributed by atoms with E-state index < -0.39 is 34.8 Å². The first kappa shape index (κ1) is 19.9. The first-order valence-corrected chi connectivity index (χ1v) is 8.75. The Hall–Kier alpha value is -2.87. The van der Waals surface area contributed by atoms with Gasteiger partial charge in [-0.2, -0.15) is 13.2 Å². The smallest absolute Gasteiger partial charge is 0.383 e. The van der Waals surface area contributed by atoms with E-state index in [1.807, 2.05) is 5.32 Å². The van der Waals surface area contributed by atoms with Crippen molar-refractivity contribution in [2.75, 3.05) is 11.9 Å². The average molecular weight is 392 g/mol. The molecule has 1 aliphatic rings. The summed E-state index contributed by atoms with van der Waals surface area (Å²) in [7, 11) is 0. The molecule has 0 heterocycles. The quantitative estimate of drug-likeness (QED) is 0.685. The average Bonchev–Trinajstić information content (AvgIpc) is 3.52. The first-order chi connectivity index (χ1) is 13.2. The molecule has 1 unspecified atom stereocenters. The highest BCUT2D eigenvalue weighted by Crippen LogP contribution is 2.45. The van der Waals surface area contributed by atoms with Crippen LogP contribution in [-0.2, 0) is 21.4 Å². The van der Waals surface area contributed by atoms with Gasteiger partial charge in [0.05, 0.1) is 17.8 Å². The topological polar surface area (TPSA) is 78.4 Å². The number of hydrogen-bond donors (Lipinski definition) is 3. The highest BCUT2D eigenvalue weighted by molar-refractivity contribution is 6.39. The van der Waals surface area contributed by atoms with Crippen molar-refractivity contribution in [3.63, 3.8) is 0 Å². The first-order valence-electron chi connectivity index (χ1n) is 8.75. The number of nitrogens with one attached hydrogen (secondary N) is 2. The molecule has 0 aromatic heterocycles. The fourth-order valence-electron chi connectivity index (χ4n) is 3.08. The van der Waals surface area contributed by atoms with E-state index in [0.29, 0.717) is 5.56 Å². The van der Waals surface area contributed by atoms with Crippen LogP contribution >= 0.6 is 0 Å². The van der Waals surface area contributed by atoms with E-state index in [2.05, 4.69) is 5.32 Å². The second kappa shape index (κ2) is 7.63. The number of benzene rings is 2. The molecule has 8 heteroatoms. The summed E-state index contributed by atoms with van der Waals surface area (Å²) in [5, 5.41) is 15.3. The number of halogens is 3. The van der Waals surface area contributed by atoms with Crippen LogP contribution in [0.1, 0.15) is 24.0 Å². The maximum absolute atomic E-state index is 13.0. The van der Waals surface area contributed by atoms with Crippen LogP contribution in [0.25, 0.3) is 0 Å². The predicted octanol–water partition coefficient (Wildman–Crippen LogP) is 3.06. The van der Waals surface area contributed by atoms with Crippen molar-refractivity contribution in [3.05, 3.63) is 65.7 Å². The van der Waals surface area contributed by atoms with Gasteiger partial charge < -0.3 is 15.7 Å². The number of anilines is 1.